The molecule has 2 aromatic carbocycles. The summed E-state index contributed by atoms with van der Waals surface area (Å²) in [5, 5.41) is 2.66. The number of anilines is 2. The Balaban J connectivity index is 1.37. The predicted octanol–water partition coefficient (Wildman–Crippen LogP) is 5.08. The molecule has 1 aromatic heterocycles. The van der Waals surface area contributed by atoms with Gasteiger partial charge in [-0.15, -0.1) is 11.3 Å². The van der Waals surface area contributed by atoms with E-state index in [-0.39, 0.29) is 17.7 Å². The Hall–Kier alpha value is -2.99. The molecule has 1 fully saturated rings. The van der Waals surface area contributed by atoms with Crippen LogP contribution >= 0.6 is 11.3 Å². The Bertz CT molecular complexity index is 1150. The molecule has 6 heteroatoms. The van der Waals surface area contributed by atoms with Crippen LogP contribution in [0.2, 0.25) is 0 Å². The van der Waals surface area contributed by atoms with E-state index in [4.69, 9.17) is 4.98 Å². The van der Waals surface area contributed by atoms with E-state index in [0.717, 1.165) is 54.7 Å². The molecule has 5 rings (SSSR count). The molecule has 0 bridgehead atoms. The van der Waals surface area contributed by atoms with Gasteiger partial charge in [0.2, 0.25) is 5.91 Å². The van der Waals surface area contributed by atoms with Crippen molar-refractivity contribution in [1.29, 1.82) is 0 Å². The average molecular weight is 432 g/mol. The summed E-state index contributed by atoms with van der Waals surface area (Å²) in [6, 6.07) is 13.8. The highest BCUT2D eigenvalue weighted by molar-refractivity contribution is 7.14. The first-order valence-corrected chi connectivity index (χ1v) is 11.6. The molecule has 5 nitrogen and oxygen atoms in total. The zero-order valence-electron chi connectivity index (χ0n) is 17.8. The van der Waals surface area contributed by atoms with Gasteiger partial charge in [-0.05, 0) is 62.4 Å². The second-order valence-electron chi connectivity index (χ2n) is 8.46. The summed E-state index contributed by atoms with van der Waals surface area (Å²) in [6.07, 6.45) is 4.02. The second-order valence-corrected chi connectivity index (χ2v) is 9.29. The van der Waals surface area contributed by atoms with Gasteiger partial charge in [0.05, 0.1) is 5.69 Å². The second kappa shape index (κ2) is 7.93. The molecule has 1 saturated carbocycles. The average Bonchev–Trinajstić information content (AvgIpc) is 3.53. The molecule has 3 aromatic rings. The minimum atomic E-state index is -0.0689. The van der Waals surface area contributed by atoms with Crippen LogP contribution in [0.3, 0.4) is 0 Å². The number of thiazole rings is 1. The predicted molar refractivity (Wildman–Crippen MR) is 125 cm³/mol. The first kappa shape index (κ1) is 19.9. The zero-order valence-corrected chi connectivity index (χ0v) is 18.6. The van der Waals surface area contributed by atoms with Gasteiger partial charge >= 0.3 is 0 Å². The van der Waals surface area contributed by atoms with E-state index >= 15 is 0 Å². The van der Waals surface area contributed by atoms with Crippen LogP contribution < -0.4 is 9.80 Å². The topological polar surface area (TPSA) is 53.5 Å². The van der Waals surface area contributed by atoms with Gasteiger partial charge in [0.25, 0.3) is 5.91 Å². The monoisotopic (exact) mass is 431 g/mol. The van der Waals surface area contributed by atoms with Crippen molar-refractivity contribution in [3.63, 3.8) is 0 Å². The van der Waals surface area contributed by atoms with Crippen LogP contribution in [0, 0.1) is 12.8 Å². The highest BCUT2D eigenvalue weighted by Gasteiger charge is 2.35. The van der Waals surface area contributed by atoms with Gasteiger partial charge in [0, 0.05) is 41.7 Å². The molecule has 1 aliphatic heterocycles. The van der Waals surface area contributed by atoms with Gasteiger partial charge in [0.1, 0.15) is 0 Å². The molecule has 2 heterocycles. The highest BCUT2D eigenvalue weighted by atomic mass is 32.1. The summed E-state index contributed by atoms with van der Waals surface area (Å²) in [7, 11) is 1.76. The third-order valence-corrected chi connectivity index (χ3v) is 6.99. The summed E-state index contributed by atoms with van der Waals surface area (Å²) in [5.74, 6) is 0.440. The van der Waals surface area contributed by atoms with Crippen molar-refractivity contribution in [2.45, 2.75) is 32.6 Å². The maximum Gasteiger partial charge on any atom is 0.259 e. The molecule has 0 unspecified atom stereocenters. The lowest BCUT2D eigenvalue weighted by molar-refractivity contribution is -0.119. The van der Waals surface area contributed by atoms with E-state index in [0.29, 0.717) is 10.7 Å². The molecule has 31 heavy (non-hydrogen) atoms. The largest absolute Gasteiger partial charge is 0.312 e. The number of aromatic nitrogens is 1. The molecule has 0 N–H and O–H groups in total. The Kier molecular flexibility index (Phi) is 5.10. The lowest BCUT2D eigenvalue weighted by Gasteiger charge is -2.30. The Morgan fingerprint density at radius 1 is 1.13 bits per heavy atom. The van der Waals surface area contributed by atoms with Crippen molar-refractivity contribution < 1.29 is 9.59 Å². The van der Waals surface area contributed by atoms with Crippen LogP contribution in [0.4, 0.5) is 10.8 Å². The number of hydrogen-bond donors (Lipinski definition) is 0. The molecule has 158 valence electrons. The van der Waals surface area contributed by atoms with E-state index in [1.807, 2.05) is 47.5 Å². The molecule has 0 spiro atoms. The molecule has 0 atom stereocenters. The molecule has 2 aliphatic rings. The number of hydrogen-bond acceptors (Lipinski definition) is 4. The molecule has 2 amide bonds. The first-order chi connectivity index (χ1) is 15.0. The lowest BCUT2D eigenvalue weighted by atomic mass is 9.98. The van der Waals surface area contributed by atoms with Crippen LogP contribution in [0.15, 0.2) is 47.8 Å². The number of aryl methyl sites for hydroxylation is 2. The van der Waals surface area contributed by atoms with E-state index in [1.54, 1.807) is 11.9 Å². The lowest BCUT2D eigenvalue weighted by Crippen LogP contribution is -2.36. The van der Waals surface area contributed by atoms with Crippen LogP contribution in [0.1, 0.15) is 40.7 Å². The van der Waals surface area contributed by atoms with Crippen LogP contribution in [-0.4, -0.2) is 30.4 Å². The van der Waals surface area contributed by atoms with Crippen molar-refractivity contribution in [3.05, 3.63) is 64.5 Å². The third kappa shape index (κ3) is 3.88. The van der Waals surface area contributed by atoms with Gasteiger partial charge < -0.3 is 4.90 Å². The third-order valence-electron chi connectivity index (χ3n) is 6.07. The zero-order chi connectivity index (χ0) is 21.5. The standard InChI is InChI=1S/C25H25N3O2S/c1-16-5-7-17(8-6-16)23(29)27(2)25-26-21(15-31-25)19-11-12-22-20(14-19)4-3-13-28(22)24(30)18-9-10-18/h5-8,11-12,14-15,18H,3-4,9-10,13H2,1-2H3. The summed E-state index contributed by atoms with van der Waals surface area (Å²) in [6.45, 7) is 2.82. The SMILES string of the molecule is Cc1ccc(C(=O)N(C)c2nc(-c3ccc4c(c3)CCCN4C(=O)C3CC3)cs2)cc1. The quantitative estimate of drug-likeness (QED) is 0.579. The maximum atomic E-state index is 12.8. The van der Waals surface area contributed by atoms with E-state index in [2.05, 4.69) is 12.1 Å². The van der Waals surface area contributed by atoms with Crippen molar-refractivity contribution in [2.75, 3.05) is 23.4 Å². The van der Waals surface area contributed by atoms with E-state index in [9.17, 15) is 9.59 Å². The van der Waals surface area contributed by atoms with Crippen molar-refractivity contribution in [2.24, 2.45) is 5.92 Å². The smallest absolute Gasteiger partial charge is 0.259 e. The van der Waals surface area contributed by atoms with Crippen molar-refractivity contribution in [3.8, 4) is 11.3 Å². The summed E-state index contributed by atoms with van der Waals surface area (Å²) in [4.78, 5) is 33.7. The molecular formula is C25H25N3O2S. The molecule has 0 radical (unpaired) electrons. The van der Waals surface area contributed by atoms with Crippen LogP contribution in [0.25, 0.3) is 11.3 Å². The number of benzene rings is 2. The fraction of sp³-hybridized carbons (Fsp3) is 0.320. The summed E-state index contributed by atoms with van der Waals surface area (Å²) in [5.41, 5.74) is 5.92. The molecular weight excluding hydrogens is 406 g/mol. The van der Waals surface area contributed by atoms with Gasteiger partial charge in [-0.1, -0.05) is 23.8 Å². The number of rotatable bonds is 4. The molecule has 0 saturated heterocycles. The van der Waals surface area contributed by atoms with E-state index < -0.39 is 0 Å². The number of carbonyl (C=O) groups excluding carboxylic acids is 2. The minimum absolute atomic E-state index is 0.0689. The Morgan fingerprint density at radius 3 is 2.65 bits per heavy atom. The molecule has 1 aliphatic carbocycles. The number of amides is 2. The van der Waals surface area contributed by atoms with Gasteiger partial charge in [-0.3, -0.25) is 14.5 Å². The normalized spacial score (nSPS) is 15.5. The minimum Gasteiger partial charge on any atom is -0.312 e. The first-order valence-electron chi connectivity index (χ1n) is 10.8. The summed E-state index contributed by atoms with van der Waals surface area (Å²) >= 11 is 1.46. The fourth-order valence-corrected chi connectivity index (χ4v) is 4.86. The van der Waals surface area contributed by atoms with Gasteiger partial charge in [-0.2, -0.15) is 0 Å². The number of nitrogens with zero attached hydrogens (tertiary/aromatic N) is 3. The van der Waals surface area contributed by atoms with Crippen molar-refractivity contribution in [1.82, 2.24) is 4.98 Å². The number of carbonyl (C=O) groups is 2. The van der Waals surface area contributed by atoms with Gasteiger partial charge in [0.15, 0.2) is 5.13 Å². The highest BCUT2D eigenvalue weighted by Crippen LogP contribution is 2.37. The Labute approximate surface area is 186 Å². The van der Waals surface area contributed by atoms with Gasteiger partial charge in [-0.25, -0.2) is 4.98 Å². The Morgan fingerprint density at radius 2 is 1.90 bits per heavy atom. The maximum absolute atomic E-state index is 12.8. The number of fused-ring (bicyclic) bond motifs is 1. The van der Waals surface area contributed by atoms with Crippen molar-refractivity contribution >= 4 is 34.0 Å². The van der Waals surface area contributed by atoms with E-state index in [1.165, 1.54) is 16.9 Å². The van der Waals surface area contributed by atoms with Crippen LogP contribution in [0.5, 0.6) is 0 Å². The fourth-order valence-electron chi connectivity index (χ4n) is 4.06. The van der Waals surface area contributed by atoms with Crippen LogP contribution in [-0.2, 0) is 11.2 Å². The summed E-state index contributed by atoms with van der Waals surface area (Å²) < 4.78 is 0.